The maximum Gasteiger partial charge on any atom is 0.231 e. The molecular weight excluding hydrogens is 210 g/mol. The summed E-state index contributed by atoms with van der Waals surface area (Å²) in [6, 6.07) is 0. The van der Waals surface area contributed by atoms with Crippen molar-refractivity contribution in [1.29, 1.82) is 0 Å². The highest BCUT2D eigenvalue weighted by atomic mass is 32.1. The summed E-state index contributed by atoms with van der Waals surface area (Å²) < 4.78 is 0. The first-order chi connectivity index (χ1) is 6.97. The standard InChI is InChI=1S/C10H15N3OS/c1-10(2,3)8(14)13-9-12-6-4-11-5-7(6)15-9/h11H,4-5H2,1-3H3,(H,12,13,14). The van der Waals surface area contributed by atoms with E-state index in [4.69, 9.17) is 0 Å². The zero-order chi connectivity index (χ0) is 11.1. The normalized spacial score (nSPS) is 15.1. The molecule has 1 aromatic heterocycles. The van der Waals surface area contributed by atoms with Crippen molar-refractivity contribution in [2.75, 3.05) is 5.32 Å². The van der Waals surface area contributed by atoms with Gasteiger partial charge in [-0.05, 0) is 0 Å². The summed E-state index contributed by atoms with van der Waals surface area (Å²) in [5.41, 5.74) is 0.707. The van der Waals surface area contributed by atoms with Crippen molar-refractivity contribution in [1.82, 2.24) is 10.3 Å². The Hall–Kier alpha value is -0.940. The Kier molecular flexibility index (Phi) is 2.52. The molecule has 5 heteroatoms. The van der Waals surface area contributed by atoms with Crippen molar-refractivity contribution in [3.63, 3.8) is 0 Å². The van der Waals surface area contributed by atoms with Crippen LogP contribution in [0.2, 0.25) is 0 Å². The van der Waals surface area contributed by atoms with Gasteiger partial charge in [-0.2, -0.15) is 0 Å². The van der Waals surface area contributed by atoms with Crippen LogP contribution in [0.15, 0.2) is 0 Å². The van der Waals surface area contributed by atoms with Gasteiger partial charge in [0.15, 0.2) is 5.13 Å². The van der Waals surface area contributed by atoms with Gasteiger partial charge in [0.2, 0.25) is 5.91 Å². The fraction of sp³-hybridized carbons (Fsp3) is 0.600. The second-order valence-corrected chi connectivity index (χ2v) is 5.78. The summed E-state index contributed by atoms with van der Waals surface area (Å²) in [5, 5.41) is 6.79. The summed E-state index contributed by atoms with van der Waals surface area (Å²) in [4.78, 5) is 17.3. The van der Waals surface area contributed by atoms with Gasteiger partial charge in [-0.3, -0.25) is 4.79 Å². The van der Waals surface area contributed by atoms with Crippen LogP contribution in [0.25, 0.3) is 0 Å². The van der Waals surface area contributed by atoms with Crippen molar-refractivity contribution < 1.29 is 4.79 Å². The molecule has 0 aromatic carbocycles. The zero-order valence-corrected chi connectivity index (χ0v) is 9.99. The van der Waals surface area contributed by atoms with Gasteiger partial charge < -0.3 is 10.6 Å². The number of nitrogens with zero attached hydrogens (tertiary/aromatic N) is 1. The topological polar surface area (TPSA) is 54.0 Å². The van der Waals surface area contributed by atoms with Gasteiger partial charge in [0.05, 0.1) is 5.69 Å². The number of fused-ring (bicyclic) bond motifs is 1. The first kappa shape index (κ1) is 10.6. The summed E-state index contributed by atoms with van der Waals surface area (Å²) in [5.74, 6) is 0.0166. The van der Waals surface area contributed by atoms with Gasteiger partial charge in [-0.25, -0.2) is 4.98 Å². The number of rotatable bonds is 1. The molecule has 15 heavy (non-hydrogen) atoms. The minimum absolute atomic E-state index is 0.0166. The molecule has 1 aromatic rings. The quantitative estimate of drug-likeness (QED) is 0.765. The van der Waals surface area contributed by atoms with Crippen LogP contribution in [0, 0.1) is 5.41 Å². The minimum atomic E-state index is -0.367. The number of carbonyl (C=O) groups excluding carboxylic acids is 1. The number of nitrogens with one attached hydrogen (secondary N) is 2. The zero-order valence-electron chi connectivity index (χ0n) is 9.18. The molecule has 0 aliphatic carbocycles. The molecule has 0 saturated heterocycles. The fourth-order valence-electron chi connectivity index (χ4n) is 1.29. The minimum Gasteiger partial charge on any atom is -0.306 e. The molecule has 0 fully saturated rings. The molecule has 0 bridgehead atoms. The summed E-state index contributed by atoms with van der Waals surface area (Å²) >= 11 is 1.56. The largest absolute Gasteiger partial charge is 0.306 e. The molecule has 1 aliphatic rings. The molecule has 0 unspecified atom stereocenters. The lowest BCUT2D eigenvalue weighted by Gasteiger charge is -2.15. The molecule has 2 heterocycles. The predicted molar refractivity (Wildman–Crippen MR) is 60.7 cm³/mol. The average molecular weight is 225 g/mol. The SMILES string of the molecule is CC(C)(C)C(=O)Nc1nc2c(s1)CNC2. The lowest BCUT2D eigenvalue weighted by Crippen LogP contribution is -2.27. The Morgan fingerprint density at radius 2 is 2.20 bits per heavy atom. The van der Waals surface area contributed by atoms with Gasteiger partial charge in [-0.15, -0.1) is 11.3 Å². The molecule has 0 atom stereocenters. The van der Waals surface area contributed by atoms with Crippen LogP contribution in [0.3, 0.4) is 0 Å². The molecule has 0 spiro atoms. The molecule has 1 amide bonds. The van der Waals surface area contributed by atoms with Crippen LogP contribution in [-0.2, 0) is 17.9 Å². The van der Waals surface area contributed by atoms with E-state index in [9.17, 15) is 4.79 Å². The molecule has 2 rings (SSSR count). The van der Waals surface area contributed by atoms with E-state index in [2.05, 4.69) is 15.6 Å². The van der Waals surface area contributed by atoms with Gasteiger partial charge >= 0.3 is 0 Å². The molecular formula is C10H15N3OS. The van der Waals surface area contributed by atoms with E-state index < -0.39 is 0 Å². The van der Waals surface area contributed by atoms with Gasteiger partial charge in [0, 0.05) is 23.4 Å². The Labute approximate surface area is 93.1 Å². The van der Waals surface area contributed by atoms with E-state index in [-0.39, 0.29) is 11.3 Å². The van der Waals surface area contributed by atoms with E-state index in [1.165, 1.54) is 4.88 Å². The van der Waals surface area contributed by atoms with Crippen LogP contribution >= 0.6 is 11.3 Å². The van der Waals surface area contributed by atoms with Crippen LogP contribution in [0.4, 0.5) is 5.13 Å². The number of hydrogen-bond donors (Lipinski definition) is 2. The Balaban J connectivity index is 2.09. The smallest absolute Gasteiger partial charge is 0.231 e. The number of carbonyl (C=O) groups is 1. The van der Waals surface area contributed by atoms with E-state index in [0.717, 1.165) is 23.9 Å². The third-order valence-electron chi connectivity index (χ3n) is 2.26. The van der Waals surface area contributed by atoms with Crippen molar-refractivity contribution in [3.05, 3.63) is 10.6 Å². The summed E-state index contributed by atoms with van der Waals surface area (Å²) in [6.07, 6.45) is 0. The molecule has 2 N–H and O–H groups in total. The van der Waals surface area contributed by atoms with Gasteiger partial charge in [-0.1, -0.05) is 20.8 Å². The Morgan fingerprint density at radius 1 is 1.47 bits per heavy atom. The molecule has 4 nitrogen and oxygen atoms in total. The van der Waals surface area contributed by atoms with Crippen LogP contribution in [-0.4, -0.2) is 10.9 Å². The summed E-state index contributed by atoms with van der Waals surface area (Å²) in [6.45, 7) is 7.37. The highest BCUT2D eigenvalue weighted by molar-refractivity contribution is 7.15. The first-order valence-electron chi connectivity index (χ1n) is 4.97. The van der Waals surface area contributed by atoms with E-state index in [0.29, 0.717) is 0 Å². The van der Waals surface area contributed by atoms with E-state index >= 15 is 0 Å². The second kappa shape index (κ2) is 3.57. The summed E-state index contributed by atoms with van der Waals surface area (Å²) in [7, 11) is 0. The number of thiazole rings is 1. The number of amides is 1. The number of anilines is 1. The van der Waals surface area contributed by atoms with Crippen LogP contribution < -0.4 is 10.6 Å². The van der Waals surface area contributed by atoms with Gasteiger partial charge in [0.25, 0.3) is 0 Å². The van der Waals surface area contributed by atoms with Crippen molar-refractivity contribution in [3.8, 4) is 0 Å². The van der Waals surface area contributed by atoms with Crippen molar-refractivity contribution in [2.24, 2.45) is 5.41 Å². The first-order valence-corrected chi connectivity index (χ1v) is 5.79. The lowest BCUT2D eigenvalue weighted by atomic mass is 9.96. The molecule has 1 aliphatic heterocycles. The lowest BCUT2D eigenvalue weighted by molar-refractivity contribution is -0.123. The number of aromatic nitrogens is 1. The Morgan fingerprint density at radius 3 is 2.80 bits per heavy atom. The molecule has 0 radical (unpaired) electrons. The number of hydrogen-bond acceptors (Lipinski definition) is 4. The van der Waals surface area contributed by atoms with Crippen LogP contribution in [0.5, 0.6) is 0 Å². The van der Waals surface area contributed by atoms with E-state index in [1.54, 1.807) is 11.3 Å². The highest BCUT2D eigenvalue weighted by Gasteiger charge is 2.23. The second-order valence-electron chi connectivity index (χ2n) is 4.70. The predicted octanol–water partition coefficient (Wildman–Crippen LogP) is 1.73. The molecule has 82 valence electrons. The third kappa shape index (κ3) is 2.18. The van der Waals surface area contributed by atoms with Crippen molar-refractivity contribution >= 4 is 22.4 Å². The average Bonchev–Trinajstić information content (AvgIpc) is 2.61. The van der Waals surface area contributed by atoms with Crippen molar-refractivity contribution in [2.45, 2.75) is 33.9 Å². The molecule has 0 saturated carbocycles. The Bertz CT molecular complexity index is 370. The van der Waals surface area contributed by atoms with E-state index in [1.807, 2.05) is 20.8 Å². The van der Waals surface area contributed by atoms with Crippen LogP contribution in [0.1, 0.15) is 31.3 Å². The maximum absolute atomic E-state index is 11.7. The maximum atomic E-state index is 11.7. The highest BCUT2D eigenvalue weighted by Crippen LogP contribution is 2.27. The third-order valence-corrected chi connectivity index (χ3v) is 3.27. The van der Waals surface area contributed by atoms with Gasteiger partial charge in [0.1, 0.15) is 0 Å². The monoisotopic (exact) mass is 225 g/mol. The fourth-order valence-corrected chi connectivity index (χ4v) is 2.23.